The molecule has 19 heavy (non-hydrogen) atoms. The molecule has 0 aromatic rings. The van der Waals surface area contributed by atoms with Crippen molar-refractivity contribution in [2.45, 2.75) is 39.3 Å². The second-order valence-corrected chi connectivity index (χ2v) is 6.46. The predicted octanol–water partition coefficient (Wildman–Crippen LogP) is 1.01. The van der Waals surface area contributed by atoms with Crippen LogP contribution in [0.4, 0.5) is 0 Å². The Morgan fingerprint density at radius 1 is 1.26 bits per heavy atom. The third-order valence-corrected chi connectivity index (χ3v) is 4.80. The van der Waals surface area contributed by atoms with Gasteiger partial charge in [0.1, 0.15) is 0 Å². The Morgan fingerprint density at radius 3 is 2.74 bits per heavy atom. The van der Waals surface area contributed by atoms with Crippen LogP contribution in [0.3, 0.4) is 0 Å². The summed E-state index contributed by atoms with van der Waals surface area (Å²) in [4.78, 5) is 5.07. The molecule has 4 unspecified atom stereocenters. The van der Waals surface area contributed by atoms with Crippen molar-refractivity contribution >= 4 is 0 Å². The van der Waals surface area contributed by atoms with Gasteiger partial charge in [0.25, 0.3) is 0 Å². The largest absolute Gasteiger partial charge is 0.374 e. The Labute approximate surface area is 118 Å². The lowest BCUT2D eigenvalue weighted by Gasteiger charge is -2.45. The molecule has 0 bridgehead atoms. The van der Waals surface area contributed by atoms with E-state index >= 15 is 0 Å². The van der Waals surface area contributed by atoms with Gasteiger partial charge >= 0.3 is 0 Å². The summed E-state index contributed by atoms with van der Waals surface area (Å²) in [7, 11) is 0. The van der Waals surface area contributed by atoms with Crippen LogP contribution >= 0.6 is 0 Å². The molecule has 4 atom stereocenters. The normalized spacial score (nSPS) is 38.5. The molecular formula is C15H31N3O. The Hall–Kier alpha value is -0.160. The summed E-state index contributed by atoms with van der Waals surface area (Å²) in [6.45, 7) is 14.1. The van der Waals surface area contributed by atoms with Crippen molar-refractivity contribution in [3.05, 3.63) is 0 Å². The number of ether oxygens (including phenoxy) is 1. The molecule has 2 heterocycles. The lowest BCUT2D eigenvalue weighted by Crippen LogP contribution is -2.56. The Morgan fingerprint density at radius 2 is 2.05 bits per heavy atom. The first-order valence-corrected chi connectivity index (χ1v) is 7.92. The number of nitrogens with two attached hydrogens (primary N) is 1. The summed E-state index contributed by atoms with van der Waals surface area (Å²) in [5.74, 6) is 1.49. The Bertz CT molecular complexity index is 274. The standard InChI is InChI=1S/C15H31N3O/c1-4-17-5-6-19-14(10-17)11-18-9-12(2)7-13(3)15(18)8-16/h12-15H,4-11,16H2,1-3H3. The number of rotatable bonds is 4. The summed E-state index contributed by atoms with van der Waals surface area (Å²) >= 11 is 0. The molecule has 2 aliphatic heterocycles. The van der Waals surface area contributed by atoms with Crippen molar-refractivity contribution in [2.24, 2.45) is 17.6 Å². The van der Waals surface area contributed by atoms with Crippen LogP contribution in [0, 0.1) is 11.8 Å². The molecule has 2 N–H and O–H groups in total. The Balaban J connectivity index is 1.91. The zero-order chi connectivity index (χ0) is 13.8. The highest BCUT2D eigenvalue weighted by atomic mass is 16.5. The molecule has 2 rings (SSSR count). The van der Waals surface area contributed by atoms with Crippen molar-refractivity contribution in [3.63, 3.8) is 0 Å². The van der Waals surface area contributed by atoms with E-state index in [1.54, 1.807) is 0 Å². The first-order valence-electron chi connectivity index (χ1n) is 7.92. The van der Waals surface area contributed by atoms with E-state index in [0.717, 1.165) is 45.2 Å². The van der Waals surface area contributed by atoms with E-state index < -0.39 is 0 Å². The van der Waals surface area contributed by atoms with E-state index in [2.05, 4.69) is 30.6 Å². The average molecular weight is 269 g/mol. The molecule has 2 saturated heterocycles. The van der Waals surface area contributed by atoms with Crippen molar-refractivity contribution in [1.82, 2.24) is 9.80 Å². The lowest BCUT2D eigenvalue weighted by atomic mass is 9.85. The summed E-state index contributed by atoms with van der Waals surface area (Å²) < 4.78 is 5.95. The molecule has 2 aliphatic rings. The van der Waals surface area contributed by atoms with Gasteiger partial charge in [-0.1, -0.05) is 20.8 Å². The molecule has 112 valence electrons. The van der Waals surface area contributed by atoms with Crippen molar-refractivity contribution in [2.75, 3.05) is 45.9 Å². The SMILES string of the molecule is CCN1CCOC(CN2CC(C)CC(C)C2CN)C1. The number of nitrogens with zero attached hydrogens (tertiary/aromatic N) is 2. The van der Waals surface area contributed by atoms with Gasteiger partial charge in [-0.15, -0.1) is 0 Å². The fourth-order valence-corrected chi connectivity index (χ4v) is 3.79. The molecular weight excluding hydrogens is 238 g/mol. The van der Waals surface area contributed by atoms with Crippen LogP contribution in [-0.4, -0.2) is 67.8 Å². The molecule has 2 fully saturated rings. The zero-order valence-corrected chi connectivity index (χ0v) is 12.8. The molecule has 0 aliphatic carbocycles. The zero-order valence-electron chi connectivity index (χ0n) is 12.8. The molecule has 0 aromatic carbocycles. The lowest BCUT2D eigenvalue weighted by molar-refractivity contribution is -0.0587. The fraction of sp³-hybridized carbons (Fsp3) is 1.00. The number of piperidine rings is 1. The maximum absolute atomic E-state index is 6.00. The molecule has 0 radical (unpaired) electrons. The van der Waals surface area contributed by atoms with Crippen LogP contribution in [0.15, 0.2) is 0 Å². The van der Waals surface area contributed by atoms with E-state index in [-0.39, 0.29) is 0 Å². The molecule has 4 heteroatoms. The first kappa shape index (κ1) is 15.2. The van der Waals surface area contributed by atoms with Gasteiger partial charge in [-0.2, -0.15) is 0 Å². The molecule has 0 aromatic heterocycles. The van der Waals surface area contributed by atoms with E-state index in [4.69, 9.17) is 10.5 Å². The summed E-state index contributed by atoms with van der Waals surface area (Å²) in [6.07, 6.45) is 1.67. The van der Waals surface area contributed by atoms with Crippen molar-refractivity contribution in [3.8, 4) is 0 Å². The summed E-state index contributed by atoms with van der Waals surface area (Å²) in [6, 6.07) is 0.539. The smallest absolute Gasteiger partial charge is 0.0829 e. The van der Waals surface area contributed by atoms with Crippen LogP contribution in [0.5, 0.6) is 0 Å². The first-order chi connectivity index (χ1) is 9.13. The fourth-order valence-electron chi connectivity index (χ4n) is 3.79. The van der Waals surface area contributed by atoms with Gasteiger partial charge in [-0.05, 0) is 24.8 Å². The third kappa shape index (κ3) is 3.91. The summed E-state index contributed by atoms with van der Waals surface area (Å²) in [5.41, 5.74) is 6.00. The van der Waals surface area contributed by atoms with Crippen LogP contribution in [0.1, 0.15) is 27.2 Å². The van der Waals surface area contributed by atoms with E-state index in [1.807, 2.05) is 0 Å². The third-order valence-electron chi connectivity index (χ3n) is 4.80. The second-order valence-electron chi connectivity index (χ2n) is 6.46. The van der Waals surface area contributed by atoms with E-state index in [1.165, 1.54) is 13.0 Å². The minimum atomic E-state index is 0.361. The highest BCUT2D eigenvalue weighted by molar-refractivity contribution is 4.87. The predicted molar refractivity (Wildman–Crippen MR) is 79.2 cm³/mol. The van der Waals surface area contributed by atoms with Crippen molar-refractivity contribution in [1.29, 1.82) is 0 Å². The quantitative estimate of drug-likeness (QED) is 0.827. The van der Waals surface area contributed by atoms with Gasteiger partial charge < -0.3 is 10.5 Å². The van der Waals surface area contributed by atoms with Gasteiger partial charge in [0, 0.05) is 38.8 Å². The minimum absolute atomic E-state index is 0.361. The minimum Gasteiger partial charge on any atom is -0.374 e. The van der Waals surface area contributed by atoms with Gasteiger partial charge in [-0.25, -0.2) is 0 Å². The van der Waals surface area contributed by atoms with Gasteiger partial charge in [-0.3, -0.25) is 9.80 Å². The maximum Gasteiger partial charge on any atom is 0.0829 e. The van der Waals surface area contributed by atoms with Crippen LogP contribution < -0.4 is 5.73 Å². The molecule has 4 nitrogen and oxygen atoms in total. The van der Waals surface area contributed by atoms with Crippen molar-refractivity contribution < 1.29 is 4.74 Å². The van der Waals surface area contributed by atoms with E-state index in [0.29, 0.717) is 18.1 Å². The molecule has 0 amide bonds. The second kappa shape index (κ2) is 7.02. The topological polar surface area (TPSA) is 41.7 Å². The monoisotopic (exact) mass is 269 g/mol. The maximum atomic E-state index is 6.00. The number of hydrogen-bond donors (Lipinski definition) is 1. The highest BCUT2D eigenvalue weighted by Gasteiger charge is 2.33. The number of likely N-dealkylation sites (tertiary alicyclic amines) is 1. The molecule has 0 saturated carbocycles. The van der Waals surface area contributed by atoms with Gasteiger partial charge in [0.2, 0.25) is 0 Å². The Kier molecular flexibility index (Phi) is 5.63. The van der Waals surface area contributed by atoms with Crippen LogP contribution in [-0.2, 0) is 4.74 Å². The van der Waals surface area contributed by atoms with E-state index in [9.17, 15) is 0 Å². The van der Waals surface area contributed by atoms with Crippen LogP contribution in [0.25, 0.3) is 0 Å². The molecule has 0 spiro atoms. The number of hydrogen-bond acceptors (Lipinski definition) is 4. The summed E-state index contributed by atoms with van der Waals surface area (Å²) in [5, 5.41) is 0. The van der Waals surface area contributed by atoms with Gasteiger partial charge in [0.05, 0.1) is 12.7 Å². The van der Waals surface area contributed by atoms with Gasteiger partial charge in [0.15, 0.2) is 0 Å². The van der Waals surface area contributed by atoms with Crippen LogP contribution in [0.2, 0.25) is 0 Å². The number of likely N-dealkylation sites (N-methyl/N-ethyl adjacent to an activating group) is 1. The average Bonchev–Trinajstić information content (AvgIpc) is 2.38. The highest BCUT2D eigenvalue weighted by Crippen LogP contribution is 2.27. The number of morpholine rings is 1.